The molecule has 0 radical (unpaired) electrons. The summed E-state index contributed by atoms with van der Waals surface area (Å²) in [7, 11) is 0. The number of carbonyl (C=O) groups is 1. The number of hydrogen-bond acceptors (Lipinski definition) is 3. The van der Waals surface area contributed by atoms with Crippen molar-refractivity contribution in [3.8, 4) is 0 Å². The quantitative estimate of drug-likeness (QED) is 0.796. The third kappa shape index (κ3) is 4.14. The molecule has 0 N–H and O–H groups in total. The fourth-order valence-electron chi connectivity index (χ4n) is 4.04. The Bertz CT molecular complexity index is 626. The number of rotatable bonds is 3. The lowest BCUT2D eigenvalue weighted by Crippen LogP contribution is -2.54. The summed E-state index contributed by atoms with van der Waals surface area (Å²) in [5.41, 5.74) is -0.253. The van der Waals surface area contributed by atoms with Gasteiger partial charge in [-0.1, -0.05) is 18.2 Å². The number of amides is 1. The second-order valence-corrected chi connectivity index (χ2v) is 8.51. The highest BCUT2D eigenvalue weighted by molar-refractivity contribution is 5.69. The summed E-state index contributed by atoms with van der Waals surface area (Å²) >= 11 is 0. The van der Waals surface area contributed by atoms with Gasteiger partial charge in [-0.2, -0.15) is 0 Å². The van der Waals surface area contributed by atoms with Crippen LogP contribution in [0.2, 0.25) is 0 Å². The average molecular weight is 349 g/mol. The van der Waals surface area contributed by atoms with Gasteiger partial charge in [0, 0.05) is 17.6 Å². The minimum atomic E-state index is -0.487. The van der Waals surface area contributed by atoms with Crippen LogP contribution < -0.4 is 0 Å². The van der Waals surface area contributed by atoms with E-state index < -0.39 is 5.60 Å². The van der Waals surface area contributed by atoms with Gasteiger partial charge in [0.15, 0.2) is 0 Å². The molecule has 1 amide bonds. The van der Waals surface area contributed by atoms with Crippen LogP contribution in [-0.4, -0.2) is 34.3 Å². The molecule has 0 aromatic heterocycles. The first-order valence-electron chi connectivity index (χ1n) is 9.06. The number of benzene rings is 1. The zero-order chi connectivity index (χ0) is 18.2. The molecule has 2 aliphatic rings. The molecule has 25 heavy (non-hydrogen) atoms. The lowest BCUT2D eigenvalue weighted by atomic mass is 9.87. The van der Waals surface area contributed by atoms with E-state index in [2.05, 4.69) is 6.92 Å². The molecule has 5 heteroatoms. The fourth-order valence-corrected chi connectivity index (χ4v) is 4.04. The van der Waals surface area contributed by atoms with Crippen molar-refractivity contribution in [2.45, 2.75) is 83.3 Å². The Morgan fingerprint density at radius 2 is 1.84 bits per heavy atom. The van der Waals surface area contributed by atoms with Crippen LogP contribution in [0.25, 0.3) is 0 Å². The Labute approximate surface area is 149 Å². The summed E-state index contributed by atoms with van der Waals surface area (Å²) in [6, 6.07) is 6.98. The highest BCUT2D eigenvalue weighted by atomic mass is 19.1. The van der Waals surface area contributed by atoms with E-state index in [1.807, 2.05) is 31.7 Å². The van der Waals surface area contributed by atoms with Crippen LogP contribution in [0.15, 0.2) is 24.3 Å². The van der Waals surface area contributed by atoms with E-state index in [0.717, 1.165) is 25.7 Å². The van der Waals surface area contributed by atoms with Crippen molar-refractivity contribution in [1.29, 1.82) is 0 Å². The summed E-state index contributed by atoms with van der Waals surface area (Å²) in [5, 5.41) is 0. The molecule has 2 fully saturated rings. The van der Waals surface area contributed by atoms with Gasteiger partial charge in [-0.25, -0.2) is 9.18 Å². The van der Waals surface area contributed by atoms with Crippen molar-refractivity contribution in [2.24, 2.45) is 0 Å². The Hall–Kier alpha value is -1.62. The number of ether oxygens (including phenoxy) is 2. The Morgan fingerprint density at radius 1 is 1.24 bits per heavy atom. The fraction of sp³-hybridized carbons (Fsp3) is 0.650. The van der Waals surface area contributed by atoms with E-state index in [0.29, 0.717) is 5.56 Å². The number of fused-ring (bicyclic) bond motifs is 2. The Kier molecular flexibility index (Phi) is 4.80. The maximum atomic E-state index is 13.8. The maximum absolute atomic E-state index is 13.8. The topological polar surface area (TPSA) is 38.8 Å². The van der Waals surface area contributed by atoms with Gasteiger partial charge in [-0.3, -0.25) is 0 Å². The number of halogens is 1. The SMILES string of the molecule is CC(C)(C)OC(=O)N1C2CCC1CC(C)(OCc1ccccc1F)C2. The summed E-state index contributed by atoms with van der Waals surface area (Å²) < 4.78 is 25.5. The van der Waals surface area contributed by atoms with Crippen LogP contribution in [-0.2, 0) is 16.1 Å². The normalized spacial score (nSPS) is 28.9. The minimum absolute atomic E-state index is 0.138. The molecule has 138 valence electrons. The highest BCUT2D eigenvalue weighted by Gasteiger charge is 2.49. The number of hydrogen-bond donors (Lipinski definition) is 0. The second-order valence-electron chi connectivity index (χ2n) is 8.51. The van der Waals surface area contributed by atoms with Gasteiger partial charge in [0.25, 0.3) is 0 Å². The van der Waals surface area contributed by atoms with Crippen molar-refractivity contribution in [3.63, 3.8) is 0 Å². The Morgan fingerprint density at radius 3 is 2.40 bits per heavy atom. The summed E-state index contributed by atoms with van der Waals surface area (Å²) in [5.74, 6) is -0.236. The first kappa shape index (κ1) is 18.2. The average Bonchev–Trinajstić information content (AvgIpc) is 2.78. The van der Waals surface area contributed by atoms with Crippen molar-refractivity contribution in [3.05, 3.63) is 35.6 Å². The highest BCUT2D eigenvalue weighted by Crippen LogP contribution is 2.43. The lowest BCUT2D eigenvalue weighted by Gasteiger charge is -2.44. The van der Waals surface area contributed by atoms with Crippen LogP contribution >= 0.6 is 0 Å². The van der Waals surface area contributed by atoms with Gasteiger partial charge in [-0.05, 0) is 59.4 Å². The van der Waals surface area contributed by atoms with Gasteiger partial charge in [0.05, 0.1) is 12.2 Å². The van der Waals surface area contributed by atoms with Crippen molar-refractivity contribution >= 4 is 6.09 Å². The molecule has 2 unspecified atom stereocenters. The standard InChI is InChI=1S/C20H28FNO3/c1-19(2,3)25-18(23)22-15-9-10-16(22)12-20(4,11-15)24-13-14-7-5-6-8-17(14)21/h5-8,15-16H,9-13H2,1-4H3. The van der Waals surface area contributed by atoms with E-state index in [9.17, 15) is 9.18 Å². The monoisotopic (exact) mass is 349 g/mol. The molecule has 2 bridgehead atoms. The largest absolute Gasteiger partial charge is 0.444 e. The van der Waals surface area contributed by atoms with E-state index in [-0.39, 0.29) is 36.2 Å². The van der Waals surface area contributed by atoms with Crippen LogP contribution in [0.4, 0.5) is 9.18 Å². The molecule has 4 nitrogen and oxygen atoms in total. The van der Waals surface area contributed by atoms with E-state index in [4.69, 9.17) is 9.47 Å². The second kappa shape index (κ2) is 6.60. The van der Waals surface area contributed by atoms with Gasteiger partial charge >= 0.3 is 6.09 Å². The zero-order valence-electron chi connectivity index (χ0n) is 15.5. The molecule has 1 aromatic rings. The number of piperidine rings is 1. The van der Waals surface area contributed by atoms with Crippen LogP contribution in [0.3, 0.4) is 0 Å². The van der Waals surface area contributed by atoms with Crippen molar-refractivity contribution in [2.75, 3.05) is 0 Å². The third-order valence-corrected chi connectivity index (χ3v) is 5.09. The van der Waals surface area contributed by atoms with Crippen LogP contribution in [0.1, 0.15) is 58.9 Å². The molecule has 2 heterocycles. The lowest BCUT2D eigenvalue weighted by molar-refractivity contribution is -0.100. The summed E-state index contributed by atoms with van der Waals surface area (Å²) in [6.07, 6.45) is 3.25. The van der Waals surface area contributed by atoms with Gasteiger partial charge in [0.1, 0.15) is 11.4 Å². The molecule has 3 rings (SSSR count). The van der Waals surface area contributed by atoms with E-state index in [1.54, 1.807) is 12.1 Å². The molecule has 1 aromatic carbocycles. The third-order valence-electron chi connectivity index (χ3n) is 5.09. The first-order valence-corrected chi connectivity index (χ1v) is 9.06. The van der Waals surface area contributed by atoms with E-state index in [1.165, 1.54) is 6.07 Å². The molecule has 2 saturated heterocycles. The van der Waals surface area contributed by atoms with Gasteiger partial charge in [0.2, 0.25) is 0 Å². The van der Waals surface area contributed by atoms with E-state index >= 15 is 0 Å². The maximum Gasteiger partial charge on any atom is 0.410 e. The molecule has 0 saturated carbocycles. The van der Waals surface area contributed by atoms with Crippen molar-refractivity contribution in [1.82, 2.24) is 4.90 Å². The predicted molar refractivity (Wildman–Crippen MR) is 93.7 cm³/mol. The number of nitrogens with zero attached hydrogens (tertiary/aromatic N) is 1. The smallest absolute Gasteiger partial charge is 0.410 e. The zero-order valence-corrected chi connectivity index (χ0v) is 15.5. The first-order chi connectivity index (χ1) is 11.7. The molecule has 2 atom stereocenters. The molecule has 2 aliphatic heterocycles. The number of carbonyl (C=O) groups excluding carboxylic acids is 1. The molecular weight excluding hydrogens is 321 g/mol. The summed E-state index contributed by atoms with van der Waals surface area (Å²) in [4.78, 5) is 14.4. The Balaban J connectivity index is 1.64. The van der Waals surface area contributed by atoms with Crippen LogP contribution in [0, 0.1) is 5.82 Å². The predicted octanol–water partition coefficient (Wildman–Crippen LogP) is 4.66. The molecule has 0 spiro atoms. The molecular formula is C20H28FNO3. The van der Waals surface area contributed by atoms with Gasteiger partial charge in [-0.15, -0.1) is 0 Å². The van der Waals surface area contributed by atoms with Crippen LogP contribution in [0.5, 0.6) is 0 Å². The minimum Gasteiger partial charge on any atom is -0.444 e. The summed E-state index contributed by atoms with van der Waals surface area (Å²) in [6.45, 7) is 8.00. The molecule has 0 aliphatic carbocycles. The van der Waals surface area contributed by atoms with Crippen molar-refractivity contribution < 1.29 is 18.7 Å². The van der Waals surface area contributed by atoms with Gasteiger partial charge < -0.3 is 14.4 Å².